The first-order valence-electron chi connectivity index (χ1n) is 10.6. The second-order valence-electron chi connectivity index (χ2n) is 8.26. The zero-order valence-corrected chi connectivity index (χ0v) is 19.5. The Morgan fingerprint density at radius 2 is 1.69 bits per heavy atom. The maximum atomic E-state index is 12.8. The van der Waals surface area contributed by atoms with E-state index in [2.05, 4.69) is 5.32 Å². The van der Waals surface area contributed by atoms with E-state index in [4.69, 9.17) is 0 Å². The molecule has 2 aliphatic rings. The molecule has 2 aromatic carbocycles. The lowest BCUT2D eigenvalue weighted by Crippen LogP contribution is -2.51. The monoisotopic (exact) mass is 477 g/mol. The number of benzene rings is 2. The Hall–Kier alpha value is -2.27. The summed E-state index contributed by atoms with van der Waals surface area (Å²) in [5.74, 6) is -0.191. The molecule has 1 fully saturated rings. The first-order chi connectivity index (χ1) is 15.2. The molecule has 1 saturated heterocycles. The van der Waals surface area contributed by atoms with E-state index >= 15 is 0 Å². The molecular weight excluding hydrogens is 450 g/mol. The number of carbonyl (C=O) groups excluding carboxylic acids is 1. The summed E-state index contributed by atoms with van der Waals surface area (Å²) in [5, 5.41) is 2.96. The summed E-state index contributed by atoms with van der Waals surface area (Å²) in [6.07, 6.45) is 0.341. The van der Waals surface area contributed by atoms with Gasteiger partial charge in [0.15, 0.2) is 9.84 Å². The summed E-state index contributed by atoms with van der Waals surface area (Å²) in [5.41, 5.74) is 1.62. The molecule has 172 valence electrons. The number of nitrogens with zero attached hydrogens (tertiary/aromatic N) is 2. The number of amides is 1. The minimum absolute atomic E-state index is 0.00447. The number of hydrogen-bond donors (Lipinski definition) is 1. The van der Waals surface area contributed by atoms with Gasteiger partial charge < -0.3 is 5.32 Å². The van der Waals surface area contributed by atoms with E-state index in [1.54, 1.807) is 48.5 Å². The molecule has 0 radical (unpaired) electrons. The molecule has 0 aliphatic carbocycles. The largest absolute Gasteiger partial charge is 0.348 e. The summed E-state index contributed by atoms with van der Waals surface area (Å²) < 4.78 is 51.7. The molecule has 4 rings (SSSR count). The minimum Gasteiger partial charge on any atom is -0.348 e. The van der Waals surface area contributed by atoms with E-state index in [1.807, 2.05) is 11.8 Å². The summed E-state index contributed by atoms with van der Waals surface area (Å²) in [6, 6.07) is 13.2. The fourth-order valence-electron chi connectivity index (χ4n) is 4.17. The zero-order chi connectivity index (χ0) is 22.9. The van der Waals surface area contributed by atoms with Gasteiger partial charge >= 0.3 is 0 Å². The van der Waals surface area contributed by atoms with Gasteiger partial charge in [-0.05, 0) is 37.1 Å². The zero-order valence-electron chi connectivity index (χ0n) is 17.9. The van der Waals surface area contributed by atoms with Crippen molar-refractivity contribution in [3.05, 3.63) is 59.7 Å². The molecule has 0 spiro atoms. The molecule has 8 nitrogen and oxygen atoms in total. The summed E-state index contributed by atoms with van der Waals surface area (Å²) in [7, 11) is -6.86. The van der Waals surface area contributed by atoms with Crippen molar-refractivity contribution >= 4 is 25.8 Å². The van der Waals surface area contributed by atoms with Crippen molar-refractivity contribution < 1.29 is 21.6 Å². The highest BCUT2D eigenvalue weighted by atomic mass is 32.2. The summed E-state index contributed by atoms with van der Waals surface area (Å²) in [4.78, 5) is 15.1. The number of fused-ring (bicyclic) bond motifs is 1. The van der Waals surface area contributed by atoms with E-state index in [9.17, 15) is 21.6 Å². The molecule has 2 heterocycles. The van der Waals surface area contributed by atoms with Crippen LogP contribution in [-0.4, -0.2) is 70.4 Å². The number of piperazine rings is 1. The van der Waals surface area contributed by atoms with Gasteiger partial charge in [0.2, 0.25) is 15.9 Å². The fourth-order valence-corrected chi connectivity index (χ4v) is 7.21. The van der Waals surface area contributed by atoms with Crippen LogP contribution in [0.25, 0.3) is 0 Å². The molecule has 1 amide bonds. The predicted octanol–water partition coefficient (Wildman–Crippen LogP) is 1.34. The molecule has 0 aromatic heterocycles. The van der Waals surface area contributed by atoms with Gasteiger partial charge in [-0.1, -0.05) is 35.9 Å². The average Bonchev–Trinajstić information content (AvgIpc) is 2.77. The van der Waals surface area contributed by atoms with Crippen LogP contribution in [0.1, 0.15) is 23.6 Å². The van der Waals surface area contributed by atoms with Crippen molar-refractivity contribution in [2.45, 2.75) is 29.2 Å². The standard InChI is InChI=1S/C22H27N3O5S2/c1-17-6-8-18(9-7-17)32(29,30)25-13-11-24(12-14-25)16-22(26)23-20-10-15-31(27,28)21-5-3-2-4-19(20)21/h2-9,20H,10-16H2,1H3,(H,23,26). The third kappa shape index (κ3) is 4.73. The Morgan fingerprint density at radius 3 is 2.38 bits per heavy atom. The Balaban J connectivity index is 1.34. The van der Waals surface area contributed by atoms with Crippen LogP contribution in [0.3, 0.4) is 0 Å². The first-order valence-corrected chi connectivity index (χ1v) is 13.7. The van der Waals surface area contributed by atoms with Gasteiger partial charge in [0, 0.05) is 26.2 Å². The van der Waals surface area contributed by atoms with Crippen molar-refractivity contribution in [2.75, 3.05) is 38.5 Å². The molecule has 2 aliphatic heterocycles. The number of carbonyl (C=O) groups is 1. The van der Waals surface area contributed by atoms with Crippen molar-refractivity contribution in [3.63, 3.8) is 0 Å². The third-order valence-corrected chi connectivity index (χ3v) is 9.73. The van der Waals surface area contributed by atoms with Crippen LogP contribution in [0, 0.1) is 6.92 Å². The number of nitrogens with one attached hydrogen (secondary N) is 1. The Labute approximate surface area is 189 Å². The van der Waals surface area contributed by atoms with Crippen molar-refractivity contribution in [1.82, 2.24) is 14.5 Å². The van der Waals surface area contributed by atoms with Crippen LogP contribution in [0.5, 0.6) is 0 Å². The maximum Gasteiger partial charge on any atom is 0.243 e. The number of aryl methyl sites for hydroxylation is 1. The molecule has 32 heavy (non-hydrogen) atoms. The van der Waals surface area contributed by atoms with Gasteiger partial charge in [0.25, 0.3) is 0 Å². The molecule has 1 atom stereocenters. The number of rotatable bonds is 5. The molecule has 1 N–H and O–H groups in total. The highest BCUT2D eigenvalue weighted by Gasteiger charge is 2.32. The van der Waals surface area contributed by atoms with Crippen molar-refractivity contribution in [3.8, 4) is 0 Å². The molecule has 0 saturated carbocycles. The highest BCUT2D eigenvalue weighted by molar-refractivity contribution is 7.91. The molecule has 10 heteroatoms. The van der Waals surface area contributed by atoms with Gasteiger partial charge in [-0.25, -0.2) is 16.8 Å². The molecule has 2 aromatic rings. The van der Waals surface area contributed by atoms with Gasteiger partial charge in [-0.15, -0.1) is 0 Å². The Morgan fingerprint density at radius 1 is 1.03 bits per heavy atom. The molecule has 0 bridgehead atoms. The summed E-state index contributed by atoms with van der Waals surface area (Å²) in [6.45, 7) is 3.58. The quantitative estimate of drug-likeness (QED) is 0.697. The van der Waals surface area contributed by atoms with Crippen molar-refractivity contribution in [2.24, 2.45) is 0 Å². The van der Waals surface area contributed by atoms with Gasteiger partial charge in [-0.2, -0.15) is 4.31 Å². The topological polar surface area (TPSA) is 104 Å². The summed E-state index contributed by atoms with van der Waals surface area (Å²) >= 11 is 0. The lowest BCUT2D eigenvalue weighted by atomic mass is 10.0. The second-order valence-corrected chi connectivity index (χ2v) is 12.3. The lowest BCUT2D eigenvalue weighted by Gasteiger charge is -2.34. The van der Waals surface area contributed by atoms with E-state index in [1.165, 1.54) is 4.31 Å². The highest BCUT2D eigenvalue weighted by Crippen LogP contribution is 2.31. The number of hydrogen-bond acceptors (Lipinski definition) is 6. The Bertz CT molecular complexity index is 1200. The third-order valence-electron chi connectivity index (χ3n) is 6.00. The maximum absolute atomic E-state index is 12.8. The molecular formula is C22H27N3O5S2. The Kier molecular flexibility index (Phi) is 6.39. The van der Waals surface area contributed by atoms with Crippen LogP contribution in [0.2, 0.25) is 0 Å². The molecule has 1 unspecified atom stereocenters. The van der Waals surface area contributed by atoms with E-state index in [0.717, 1.165) is 5.56 Å². The SMILES string of the molecule is Cc1ccc(S(=O)(=O)N2CCN(CC(=O)NC3CCS(=O)(=O)c4ccccc43)CC2)cc1. The van der Waals surface area contributed by atoms with Gasteiger partial charge in [-0.3, -0.25) is 9.69 Å². The number of sulfone groups is 1. The fraction of sp³-hybridized carbons (Fsp3) is 0.409. The number of sulfonamides is 1. The minimum atomic E-state index is -3.55. The van der Waals surface area contributed by atoms with E-state index in [-0.39, 0.29) is 34.0 Å². The second kappa shape index (κ2) is 8.93. The predicted molar refractivity (Wildman–Crippen MR) is 120 cm³/mol. The van der Waals surface area contributed by atoms with Gasteiger partial charge in [0.05, 0.1) is 28.1 Å². The van der Waals surface area contributed by atoms with Crippen molar-refractivity contribution in [1.29, 1.82) is 0 Å². The lowest BCUT2D eigenvalue weighted by molar-refractivity contribution is -0.123. The van der Waals surface area contributed by atoms with Crippen LogP contribution in [-0.2, 0) is 24.7 Å². The van der Waals surface area contributed by atoms with Gasteiger partial charge in [0.1, 0.15) is 0 Å². The van der Waals surface area contributed by atoms with Crippen LogP contribution < -0.4 is 5.32 Å². The van der Waals surface area contributed by atoms with Crippen LogP contribution >= 0.6 is 0 Å². The smallest absolute Gasteiger partial charge is 0.243 e. The van der Waals surface area contributed by atoms with Crippen LogP contribution in [0.15, 0.2) is 58.3 Å². The van der Waals surface area contributed by atoms with E-state index < -0.39 is 19.9 Å². The average molecular weight is 478 g/mol. The van der Waals surface area contributed by atoms with Crippen LogP contribution in [0.4, 0.5) is 0 Å². The first kappa shape index (κ1) is 22.9. The van der Waals surface area contributed by atoms with E-state index in [0.29, 0.717) is 38.2 Å². The normalized spacial score (nSPS) is 21.6.